The van der Waals surface area contributed by atoms with Crippen LogP contribution in [0.5, 0.6) is 17.2 Å². The molecule has 148 valence electrons. The van der Waals surface area contributed by atoms with E-state index in [4.69, 9.17) is 14.2 Å². The highest BCUT2D eigenvalue weighted by Gasteiger charge is 2.37. The van der Waals surface area contributed by atoms with E-state index >= 15 is 0 Å². The van der Waals surface area contributed by atoms with E-state index in [2.05, 4.69) is 27.7 Å². The molecule has 4 heteroatoms. The molecule has 0 unspecified atom stereocenters. The van der Waals surface area contributed by atoms with Crippen LogP contribution < -0.4 is 14.2 Å². The van der Waals surface area contributed by atoms with E-state index in [0.717, 1.165) is 5.56 Å². The first-order valence-corrected chi connectivity index (χ1v) is 9.20. The molecule has 0 aliphatic rings. The van der Waals surface area contributed by atoms with Gasteiger partial charge in [0.05, 0.1) is 21.3 Å². The molecule has 1 aromatic carbocycles. The van der Waals surface area contributed by atoms with Crippen molar-refractivity contribution in [2.24, 2.45) is 16.7 Å². The fourth-order valence-electron chi connectivity index (χ4n) is 3.04. The fourth-order valence-corrected chi connectivity index (χ4v) is 3.04. The third-order valence-electron chi connectivity index (χ3n) is 5.34. The number of methoxy groups -OCH3 is 3. The molecule has 0 bridgehead atoms. The maximum absolute atomic E-state index is 12.9. The van der Waals surface area contributed by atoms with Crippen molar-refractivity contribution in [2.75, 3.05) is 21.3 Å². The summed E-state index contributed by atoms with van der Waals surface area (Å²) in [5.74, 6) is 2.53. The second kappa shape index (κ2) is 8.32. The van der Waals surface area contributed by atoms with Crippen molar-refractivity contribution in [1.82, 2.24) is 0 Å². The Balaban J connectivity index is 3.58. The Labute approximate surface area is 159 Å². The summed E-state index contributed by atoms with van der Waals surface area (Å²) in [6.07, 6.45) is 0.445. The summed E-state index contributed by atoms with van der Waals surface area (Å²) in [6, 6.07) is 3.73. The first-order valence-electron chi connectivity index (χ1n) is 9.20. The molecule has 0 heterocycles. The van der Waals surface area contributed by atoms with E-state index in [1.165, 1.54) is 0 Å². The predicted molar refractivity (Wildman–Crippen MR) is 107 cm³/mol. The van der Waals surface area contributed by atoms with Crippen molar-refractivity contribution in [3.63, 3.8) is 0 Å². The summed E-state index contributed by atoms with van der Waals surface area (Å²) in [4.78, 5) is 12.9. The molecule has 0 aliphatic heterocycles. The van der Waals surface area contributed by atoms with Crippen LogP contribution in [0.2, 0.25) is 0 Å². The molecule has 0 saturated heterocycles. The van der Waals surface area contributed by atoms with Crippen molar-refractivity contribution in [3.8, 4) is 17.2 Å². The molecule has 1 aromatic rings. The van der Waals surface area contributed by atoms with Crippen molar-refractivity contribution < 1.29 is 19.0 Å². The Morgan fingerprint density at radius 3 is 1.69 bits per heavy atom. The summed E-state index contributed by atoms with van der Waals surface area (Å²) >= 11 is 0. The van der Waals surface area contributed by atoms with Crippen LogP contribution in [0, 0.1) is 16.7 Å². The van der Waals surface area contributed by atoms with Gasteiger partial charge in [-0.15, -0.1) is 0 Å². The van der Waals surface area contributed by atoms with Crippen LogP contribution in [0.3, 0.4) is 0 Å². The first-order chi connectivity index (χ1) is 11.9. The number of Topliss-reactive ketones (excluding diaryl/α,β-unsaturated/α-hetero) is 1. The van der Waals surface area contributed by atoms with Gasteiger partial charge in [-0.05, 0) is 11.3 Å². The quantitative estimate of drug-likeness (QED) is 0.642. The number of hydrogen-bond acceptors (Lipinski definition) is 4. The zero-order valence-electron chi connectivity index (χ0n) is 18.1. The molecule has 0 radical (unpaired) electrons. The van der Waals surface area contributed by atoms with Crippen LogP contribution in [-0.4, -0.2) is 27.1 Å². The van der Waals surface area contributed by atoms with Gasteiger partial charge < -0.3 is 14.2 Å². The van der Waals surface area contributed by atoms with Crippen molar-refractivity contribution in [3.05, 3.63) is 17.7 Å². The monoisotopic (exact) mass is 364 g/mol. The number of ether oxygens (including phenoxy) is 3. The largest absolute Gasteiger partial charge is 0.496 e. The van der Waals surface area contributed by atoms with Crippen LogP contribution in [0.4, 0.5) is 0 Å². The molecule has 2 atom stereocenters. The summed E-state index contributed by atoms with van der Waals surface area (Å²) in [5.41, 5.74) is 0.581. The van der Waals surface area contributed by atoms with Gasteiger partial charge in [0.25, 0.3) is 0 Å². The summed E-state index contributed by atoms with van der Waals surface area (Å²) in [6.45, 7) is 14.7. The SMILES string of the molecule is COc1cc(OC)c([C@@H](CC(=O)C(C)(C)C)[C@H](C)C(C)(C)C)c(OC)c1. The number of carbonyl (C=O) groups is 1. The van der Waals surface area contributed by atoms with Crippen LogP contribution >= 0.6 is 0 Å². The highest BCUT2D eigenvalue weighted by molar-refractivity contribution is 5.84. The Hall–Kier alpha value is -1.71. The predicted octanol–water partition coefficient (Wildman–Crippen LogP) is 5.48. The highest BCUT2D eigenvalue weighted by atomic mass is 16.5. The van der Waals surface area contributed by atoms with Crippen molar-refractivity contribution in [2.45, 2.75) is 60.8 Å². The van der Waals surface area contributed by atoms with Crippen LogP contribution in [0.25, 0.3) is 0 Å². The van der Waals surface area contributed by atoms with E-state index in [0.29, 0.717) is 23.7 Å². The molecule has 0 spiro atoms. The maximum atomic E-state index is 12.9. The lowest BCUT2D eigenvalue weighted by Crippen LogP contribution is -2.30. The van der Waals surface area contributed by atoms with Gasteiger partial charge in [-0.25, -0.2) is 0 Å². The Morgan fingerprint density at radius 2 is 1.38 bits per heavy atom. The van der Waals surface area contributed by atoms with Gasteiger partial charge >= 0.3 is 0 Å². The van der Waals surface area contributed by atoms with E-state index < -0.39 is 0 Å². The van der Waals surface area contributed by atoms with Crippen LogP contribution in [-0.2, 0) is 4.79 Å². The highest BCUT2D eigenvalue weighted by Crippen LogP contribution is 2.48. The zero-order chi connectivity index (χ0) is 20.3. The van der Waals surface area contributed by atoms with E-state index in [1.54, 1.807) is 21.3 Å². The molecule has 0 aromatic heterocycles. The molecule has 0 aliphatic carbocycles. The second-order valence-electron chi connectivity index (χ2n) is 9.08. The Bertz CT molecular complexity index is 595. The van der Waals surface area contributed by atoms with Gasteiger partial charge in [0, 0.05) is 35.4 Å². The van der Waals surface area contributed by atoms with Crippen molar-refractivity contribution >= 4 is 5.78 Å². The Morgan fingerprint density at radius 1 is 0.923 bits per heavy atom. The van der Waals surface area contributed by atoms with Gasteiger partial charge in [0.15, 0.2) is 0 Å². The lowest BCUT2D eigenvalue weighted by molar-refractivity contribution is -0.127. The molecular formula is C22H36O4. The minimum atomic E-state index is -0.386. The molecule has 0 saturated carbocycles. The molecule has 0 amide bonds. The van der Waals surface area contributed by atoms with Gasteiger partial charge in [0.2, 0.25) is 0 Å². The first kappa shape index (κ1) is 22.3. The molecule has 4 nitrogen and oxygen atoms in total. The molecular weight excluding hydrogens is 328 g/mol. The lowest BCUT2D eigenvalue weighted by atomic mass is 9.68. The summed E-state index contributed by atoms with van der Waals surface area (Å²) in [5, 5.41) is 0. The molecule has 1 rings (SSSR count). The average Bonchev–Trinajstić information content (AvgIpc) is 2.55. The summed E-state index contributed by atoms with van der Waals surface area (Å²) < 4.78 is 16.7. The minimum absolute atomic E-state index is 0.0162. The van der Waals surface area contributed by atoms with Gasteiger partial charge in [-0.1, -0.05) is 48.5 Å². The van der Waals surface area contributed by atoms with Crippen molar-refractivity contribution in [1.29, 1.82) is 0 Å². The standard InChI is InChI=1S/C22H36O4/c1-14(21(2,3)4)16(13-19(23)22(5,6)7)20-17(25-9)11-15(24-8)12-18(20)26-10/h11-12,14,16H,13H2,1-10H3/t14-,16-/m0/s1. The normalized spacial score (nSPS) is 14.5. The number of benzene rings is 1. The van der Waals surface area contributed by atoms with Crippen LogP contribution in [0.1, 0.15) is 66.4 Å². The maximum Gasteiger partial charge on any atom is 0.138 e. The summed E-state index contributed by atoms with van der Waals surface area (Å²) in [7, 11) is 4.90. The van der Waals surface area contributed by atoms with Gasteiger partial charge in [0.1, 0.15) is 23.0 Å². The molecule has 0 N–H and O–H groups in total. The number of hydrogen-bond donors (Lipinski definition) is 0. The minimum Gasteiger partial charge on any atom is -0.496 e. The van der Waals surface area contributed by atoms with E-state index in [-0.39, 0.29) is 28.4 Å². The van der Waals surface area contributed by atoms with E-state index in [1.807, 2.05) is 32.9 Å². The smallest absolute Gasteiger partial charge is 0.138 e. The number of carbonyl (C=O) groups excluding carboxylic acids is 1. The average molecular weight is 365 g/mol. The molecule has 26 heavy (non-hydrogen) atoms. The third-order valence-corrected chi connectivity index (χ3v) is 5.34. The van der Waals surface area contributed by atoms with Crippen LogP contribution in [0.15, 0.2) is 12.1 Å². The van der Waals surface area contributed by atoms with E-state index in [9.17, 15) is 4.79 Å². The van der Waals surface area contributed by atoms with Gasteiger partial charge in [-0.3, -0.25) is 4.79 Å². The third kappa shape index (κ3) is 5.15. The second-order valence-corrected chi connectivity index (χ2v) is 9.08. The number of ketones is 1. The zero-order valence-corrected chi connectivity index (χ0v) is 18.1. The number of rotatable bonds is 7. The molecule has 0 fully saturated rings. The Kier molecular flexibility index (Phi) is 7.15. The lowest BCUT2D eigenvalue weighted by Gasteiger charge is -2.37. The fraction of sp³-hybridized carbons (Fsp3) is 0.682. The topological polar surface area (TPSA) is 44.8 Å². The van der Waals surface area contributed by atoms with Gasteiger partial charge in [-0.2, -0.15) is 0 Å².